The van der Waals surface area contributed by atoms with Crippen LogP contribution in [0.25, 0.3) is 0 Å². The smallest absolute Gasteiger partial charge is 0.397 e. The number of rotatable bonds is 0. The number of benzene rings is 1. The summed E-state index contributed by atoms with van der Waals surface area (Å²) >= 11 is 3.61. The van der Waals surface area contributed by atoms with Crippen LogP contribution < -0.4 is 5.73 Å². The van der Waals surface area contributed by atoms with Gasteiger partial charge in [-0.15, -0.1) is 0 Å². The molecule has 1 aromatic carbocycles. The molecular weight excluding hydrogens is 409 g/mol. The minimum Gasteiger partial charge on any atom is -0.397 e. The number of alkyl halides is 3. The van der Waals surface area contributed by atoms with Crippen LogP contribution in [-0.2, 0) is 6.18 Å². The first-order chi connectivity index (χ1) is 5.82. The Kier molecular flexibility index (Phi) is 3.31. The molecule has 0 spiro atoms. The lowest BCUT2D eigenvalue weighted by Gasteiger charge is -2.11. The zero-order valence-electron chi connectivity index (χ0n) is 6.12. The molecule has 0 unspecified atom stereocenters. The Morgan fingerprint density at radius 3 is 2.15 bits per heavy atom. The molecule has 0 bridgehead atoms. The van der Waals surface area contributed by atoms with Crippen molar-refractivity contribution >= 4 is 50.9 Å². The summed E-state index contributed by atoms with van der Waals surface area (Å²) in [5, 5.41) is 0. The molecule has 0 atom stereocenters. The molecule has 0 aliphatic heterocycles. The molecule has 0 radical (unpaired) electrons. The van der Waals surface area contributed by atoms with E-state index in [4.69, 9.17) is 5.73 Å². The van der Waals surface area contributed by atoms with Crippen molar-refractivity contribution in [3.63, 3.8) is 0 Å². The van der Waals surface area contributed by atoms with Gasteiger partial charge < -0.3 is 5.73 Å². The van der Waals surface area contributed by atoms with E-state index in [2.05, 4.69) is 0 Å². The molecule has 0 aliphatic rings. The van der Waals surface area contributed by atoms with Crippen LogP contribution in [0.15, 0.2) is 12.1 Å². The van der Waals surface area contributed by atoms with Crippen molar-refractivity contribution < 1.29 is 13.2 Å². The monoisotopic (exact) mass is 413 g/mol. The first-order valence-corrected chi connectivity index (χ1v) is 5.30. The van der Waals surface area contributed by atoms with Crippen LogP contribution in [0.3, 0.4) is 0 Å². The van der Waals surface area contributed by atoms with Crippen LogP contribution in [0.1, 0.15) is 5.56 Å². The summed E-state index contributed by atoms with van der Waals surface area (Å²) in [6, 6.07) is 2.64. The molecule has 6 heteroatoms. The van der Waals surface area contributed by atoms with Gasteiger partial charge in [-0.2, -0.15) is 13.2 Å². The van der Waals surface area contributed by atoms with Crippen LogP contribution >= 0.6 is 45.2 Å². The Hall–Kier alpha value is 0.270. The fraction of sp³-hybridized carbons (Fsp3) is 0.143. The summed E-state index contributed by atoms with van der Waals surface area (Å²) in [6.45, 7) is 0. The Morgan fingerprint density at radius 1 is 1.15 bits per heavy atom. The van der Waals surface area contributed by atoms with Crippen LogP contribution in [0.2, 0.25) is 0 Å². The minimum absolute atomic E-state index is 0.200. The average Bonchev–Trinajstić information content (AvgIpc) is 1.94. The van der Waals surface area contributed by atoms with E-state index < -0.39 is 11.7 Å². The molecule has 2 N–H and O–H groups in total. The van der Waals surface area contributed by atoms with Gasteiger partial charge in [0.15, 0.2) is 0 Å². The van der Waals surface area contributed by atoms with Gasteiger partial charge in [-0.1, -0.05) is 0 Å². The van der Waals surface area contributed by atoms with Gasteiger partial charge in [0.2, 0.25) is 0 Å². The van der Waals surface area contributed by atoms with Gasteiger partial charge in [0.1, 0.15) is 0 Å². The number of nitrogens with two attached hydrogens (primary N) is 1. The Labute approximate surface area is 100 Å². The maximum absolute atomic E-state index is 12.3. The van der Waals surface area contributed by atoms with Crippen molar-refractivity contribution in [1.29, 1.82) is 0 Å². The van der Waals surface area contributed by atoms with E-state index in [0.29, 0.717) is 7.14 Å². The third-order valence-corrected chi connectivity index (χ3v) is 2.92. The van der Waals surface area contributed by atoms with Crippen LogP contribution in [0.4, 0.5) is 18.9 Å². The summed E-state index contributed by atoms with van der Waals surface area (Å²) < 4.78 is 37.9. The van der Waals surface area contributed by atoms with E-state index in [0.717, 1.165) is 6.07 Å². The zero-order chi connectivity index (χ0) is 10.2. The van der Waals surface area contributed by atoms with Crippen molar-refractivity contribution in [2.75, 3.05) is 5.73 Å². The predicted octanol–water partition coefficient (Wildman–Crippen LogP) is 3.50. The maximum Gasteiger partial charge on any atom is 0.418 e. The quantitative estimate of drug-likeness (QED) is 0.512. The molecule has 0 saturated heterocycles. The molecule has 0 saturated carbocycles. The van der Waals surface area contributed by atoms with Crippen LogP contribution in [0.5, 0.6) is 0 Å². The fourth-order valence-corrected chi connectivity index (χ4v) is 2.66. The normalized spacial score (nSPS) is 11.8. The van der Waals surface area contributed by atoms with E-state index in [1.165, 1.54) is 0 Å². The Bertz CT molecular complexity index is 335. The second kappa shape index (κ2) is 3.79. The highest BCUT2D eigenvalue weighted by Crippen LogP contribution is 2.36. The number of hydrogen-bond acceptors (Lipinski definition) is 1. The van der Waals surface area contributed by atoms with Gasteiger partial charge >= 0.3 is 6.18 Å². The van der Waals surface area contributed by atoms with Crippen molar-refractivity contribution in [2.45, 2.75) is 6.18 Å². The van der Waals surface area contributed by atoms with Crippen LogP contribution in [0, 0.1) is 7.14 Å². The lowest BCUT2D eigenvalue weighted by molar-refractivity contribution is -0.137. The lowest BCUT2D eigenvalue weighted by atomic mass is 10.2. The number of hydrogen-bond donors (Lipinski definition) is 1. The highest BCUT2D eigenvalue weighted by Gasteiger charge is 2.33. The van der Waals surface area contributed by atoms with E-state index in [1.54, 1.807) is 28.7 Å². The summed E-state index contributed by atoms with van der Waals surface area (Å²) in [4.78, 5) is 0. The van der Waals surface area contributed by atoms with E-state index in [9.17, 15) is 13.2 Å². The van der Waals surface area contributed by atoms with Gasteiger partial charge in [0, 0.05) is 7.14 Å². The van der Waals surface area contributed by atoms with Gasteiger partial charge in [-0.05, 0) is 57.3 Å². The second-order valence-electron chi connectivity index (χ2n) is 2.35. The van der Waals surface area contributed by atoms with Gasteiger partial charge in [0.05, 0.1) is 11.3 Å². The molecule has 1 aromatic rings. The Balaban J connectivity index is 3.37. The maximum atomic E-state index is 12.3. The predicted molar refractivity (Wildman–Crippen MR) is 61.3 cm³/mol. The number of halogens is 5. The number of nitrogen functional groups attached to an aromatic ring is 1. The largest absolute Gasteiger partial charge is 0.418 e. The van der Waals surface area contributed by atoms with Crippen molar-refractivity contribution in [3.05, 3.63) is 24.8 Å². The molecule has 0 amide bonds. The van der Waals surface area contributed by atoms with Gasteiger partial charge in [-0.25, -0.2) is 0 Å². The van der Waals surface area contributed by atoms with E-state index >= 15 is 0 Å². The third-order valence-electron chi connectivity index (χ3n) is 1.40. The zero-order valence-corrected chi connectivity index (χ0v) is 10.4. The topological polar surface area (TPSA) is 26.0 Å². The standard InChI is InChI=1S/C7H4F3I2N/c8-7(9,10)4-1-3(11)2-5(12)6(4)13/h1-2H,13H2. The molecule has 0 aliphatic carbocycles. The summed E-state index contributed by atoms with van der Waals surface area (Å²) in [5.74, 6) is 0. The first-order valence-electron chi connectivity index (χ1n) is 3.14. The molecule has 13 heavy (non-hydrogen) atoms. The van der Waals surface area contributed by atoms with Gasteiger partial charge in [-0.3, -0.25) is 0 Å². The molecule has 0 heterocycles. The van der Waals surface area contributed by atoms with Crippen molar-refractivity contribution in [2.24, 2.45) is 0 Å². The van der Waals surface area contributed by atoms with Crippen molar-refractivity contribution in [3.8, 4) is 0 Å². The minimum atomic E-state index is -4.37. The average molecular weight is 413 g/mol. The molecule has 1 rings (SSSR count). The van der Waals surface area contributed by atoms with E-state index in [-0.39, 0.29) is 5.69 Å². The van der Waals surface area contributed by atoms with Crippen molar-refractivity contribution in [1.82, 2.24) is 0 Å². The summed E-state index contributed by atoms with van der Waals surface area (Å²) in [6.07, 6.45) is -4.37. The molecular formula is C7H4F3I2N. The Morgan fingerprint density at radius 2 is 1.69 bits per heavy atom. The summed E-state index contributed by atoms with van der Waals surface area (Å²) in [7, 11) is 0. The molecule has 1 nitrogen and oxygen atoms in total. The SMILES string of the molecule is Nc1c(I)cc(I)cc1C(F)(F)F. The van der Waals surface area contributed by atoms with Crippen LogP contribution in [-0.4, -0.2) is 0 Å². The van der Waals surface area contributed by atoms with Gasteiger partial charge in [0.25, 0.3) is 0 Å². The molecule has 0 aromatic heterocycles. The molecule has 0 fully saturated rings. The summed E-state index contributed by atoms with van der Waals surface area (Å²) in [5.41, 5.74) is 4.35. The first kappa shape index (κ1) is 11.3. The highest BCUT2D eigenvalue weighted by atomic mass is 127. The van der Waals surface area contributed by atoms with E-state index in [1.807, 2.05) is 22.6 Å². The second-order valence-corrected chi connectivity index (χ2v) is 4.75. The molecule has 72 valence electrons. The fourth-order valence-electron chi connectivity index (χ4n) is 0.819. The number of anilines is 1. The highest BCUT2D eigenvalue weighted by molar-refractivity contribution is 14.1. The third kappa shape index (κ3) is 2.61. The lowest BCUT2D eigenvalue weighted by Crippen LogP contribution is -2.10.